The molecule has 1 atom stereocenters. The van der Waals surface area contributed by atoms with Gasteiger partial charge in [0.1, 0.15) is 6.54 Å². The van der Waals surface area contributed by atoms with Crippen LogP contribution in [-0.4, -0.2) is 47.8 Å². The quantitative estimate of drug-likeness (QED) is 0.488. The van der Waals surface area contributed by atoms with E-state index in [1.165, 1.54) is 31.3 Å². The monoisotopic (exact) mass is 538 g/mol. The number of nitrogens with zero attached hydrogens (tertiary/aromatic N) is 1. The van der Waals surface area contributed by atoms with E-state index in [4.69, 9.17) is 18.9 Å². The van der Waals surface area contributed by atoms with Gasteiger partial charge in [0.2, 0.25) is 18.6 Å². The Labute approximate surface area is 220 Å². The van der Waals surface area contributed by atoms with Gasteiger partial charge in [-0.15, -0.1) is 0 Å². The minimum atomic E-state index is -4.00. The third kappa shape index (κ3) is 4.72. The third-order valence-electron chi connectivity index (χ3n) is 6.51. The number of ether oxygens (including phenoxy) is 4. The first-order valence-corrected chi connectivity index (χ1v) is 13.4. The molecule has 5 rings (SSSR count). The standard InChI is InChI=1S/C27H26N2O8S/c1-34-20-10-8-18(12-22(20)35-2)25-13-27(31)29(19-5-3-4-6-24(19)38(25,32)33)15-26(30)28-14-17-7-9-21-23(11-17)37-16-36-21/h3-12,25H,13-16H2,1-2H3,(H,28,30). The van der Waals surface area contributed by atoms with E-state index in [1.807, 2.05) is 0 Å². The number of hydrogen-bond donors (Lipinski definition) is 1. The molecule has 38 heavy (non-hydrogen) atoms. The molecule has 2 heterocycles. The van der Waals surface area contributed by atoms with Gasteiger partial charge in [-0.3, -0.25) is 9.59 Å². The fourth-order valence-corrected chi connectivity index (χ4v) is 6.47. The number of amides is 2. The molecule has 2 aliphatic heterocycles. The molecule has 0 fully saturated rings. The van der Waals surface area contributed by atoms with Crippen LogP contribution < -0.4 is 29.2 Å². The van der Waals surface area contributed by atoms with Crippen molar-refractivity contribution in [2.75, 3.05) is 32.5 Å². The molecule has 1 N–H and O–H groups in total. The maximum Gasteiger partial charge on any atom is 0.240 e. The fraction of sp³-hybridized carbons (Fsp3) is 0.259. The highest BCUT2D eigenvalue weighted by molar-refractivity contribution is 7.92. The van der Waals surface area contributed by atoms with Crippen LogP contribution in [0.4, 0.5) is 5.69 Å². The number of carbonyl (C=O) groups excluding carboxylic acids is 2. The molecule has 0 bridgehead atoms. The molecular weight excluding hydrogens is 512 g/mol. The number of sulfone groups is 1. The highest BCUT2D eigenvalue weighted by Crippen LogP contribution is 2.42. The number of carbonyl (C=O) groups is 2. The molecule has 2 aliphatic rings. The number of para-hydroxylation sites is 1. The van der Waals surface area contributed by atoms with Crippen molar-refractivity contribution in [1.82, 2.24) is 5.32 Å². The summed E-state index contributed by atoms with van der Waals surface area (Å²) < 4.78 is 48.8. The predicted octanol–water partition coefficient (Wildman–Crippen LogP) is 3.00. The molecule has 3 aromatic rings. The number of fused-ring (bicyclic) bond motifs is 2. The molecular formula is C27H26N2O8S. The molecule has 1 unspecified atom stereocenters. The lowest BCUT2D eigenvalue weighted by atomic mass is 10.1. The summed E-state index contributed by atoms with van der Waals surface area (Å²) in [6.45, 7) is 0.00905. The Balaban J connectivity index is 1.40. The number of hydrogen-bond acceptors (Lipinski definition) is 8. The zero-order chi connectivity index (χ0) is 26.9. The molecule has 0 saturated carbocycles. The van der Waals surface area contributed by atoms with Crippen molar-refractivity contribution >= 4 is 27.3 Å². The second-order valence-corrected chi connectivity index (χ2v) is 10.9. The summed E-state index contributed by atoms with van der Waals surface area (Å²) in [6.07, 6.45) is -0.345. The van der Waals surface area contributed by atoms with Gasteiger partial charge in [-0.1, -0.05) is 24.3 Å². The normalized spacial score (nSPS) is 17.4. The van der Waals surface area contributed by atoms with Gasteiger partial charge < -0.3 is 29.2 Å². The summed E-state index contributed by atoms with van der Waals surface area (Å²) in [5, 5.41) is 1.62. The van der Waals surface area contributed by atoms with Crippen molar-refractivity contribution in [3.63, 3.8) is 0 Å². The SMILES string of the molecule is COc1ccc(C2CC(=O)N(CC(=O)NCc3ccc4c(c3)OCO4)c3ccccc3S2(=O)=O)cc1OC. The molecule has 0 spiro atoms. The number of rotatable bonds is 7. The fourth-order valence-electron chi connectivity index (χ4n) is 4.56. The van der Waals surface area contributed by atoms with Crippen LogP contribution in [0.2, 0.25) is 0 Å². The third-order valence-corrected chi connectivity index (χ3v) is 8.65. The number of benzene rings is 3. The van der Waals surface area contributed by atoms with E-state index in [0.29, 0.717) is 28.6 Å². The number of methoxy groups -OCH3 is 2. The Morgan fingerprint density at radius 3 is 2.55 bits per heavy atom. The summed E-state index contributed by atoms with van der Waals surface area (Å²) in [5.41, 5.74) is 1.35. The first-order valence-electron chi connectivity index (χ1n) is 11.8. The molecule has 2 amide bonds. The summed E-state index contributed by atoms with van der Waals surface area (Å²) in [5.74, 6) is 1.10. The molecule has 0 aromatic heterocycles. The van der Waals surface area contributed by atoms with Gasteiger partial charge in [0.25, 0.3) is 0 Å². The lowest BCUT2D eigenvalue weighted by Crippen LogP contribution is -2.40. The lowest BCUT2D eigenvalue weighted by molar-refractivity contribution is -0.124. The van der Waals surface area contributed by atoms with Crippen LogP contribution >= 0.6 is 0 Å². The summed E-state index contributed by atoms with van der Waals surface area (Å²) in [7, 11) is -1.06. The van der Waals surface area contributed by atoms with Crippen LogP contribution in [0.25, 0.3) is 0 Å². The molecule has 0 aliphatic carbocycles. The van der Waals surface area contributed by atoms with Crippen molar-refractivity contribution in [1.29, 1.82) is 0 Å². The van der Waals surface area contributed by atoms with Gasteiger partial charge in [-0.05, 0) is 47.5 Å². The van der Waals surface area contributed by atoms with Crippen LogP contribution in [0.1, 0.15) is 22.8 Å². The Morgan fingerprint density at radius 1 is 1.00 bits per heavy atom. The van der Waals surface area contributed by atoms with E-state index in [9.17, 15) is 18.0 Å². The molecule has 0 saturated heterocycles. The van der Waals surface area contributed by atoms with Crippen LogP contribution in [0.3, 0.4) is 0 Å². The molecule has 198 valence electrons. The van der Waals surface area contributed by atoms with Crippen molar-refractivity contribution in [2.45, 2.75) is 23.1 Å². The van der Waals surface area contributed by atoms with Gasteiger partial charge in [0, 0.05) is 13.0 Å². The van der Waals surface area contributed by atoms with Crippen molar-refractivity contribution in [3.05, 3.63) is 71.8 Å². The van der Waals surface area contributed by atoms with Crippen LogP contribution in [-0.2, 0) is 26.0 Å². The van der Waals surface area contributed by atoms with E-state index in [0.717, 1.165) is 5.56 Å². The minimum Gasteiger partial charge on any atom is -0.493 e. The van der Waals surface area contributed by atoms with Gasteiger partial charge in [0.15, 0.2) is 32.8 Å². The Kier molecular flexibility index (Phi) is 6.85. The van der Waals surface area contributed by atoms with Crippen LogP contribution in [0, 0.1) is 0 Å². The Bertz CT molecular complexity index is 1500. The van der Waals surface area contributed by atoms with Crippen LogP contribution in [0.15, 0.2) is 65.6 Å². The molecule has 3 aromatic carbocycles. The van der Waals surface area contributed by atoms with Gasteiger partial charge in [0.05, 0.1) is 30.1 Å². The highest BCUT2D eigenvalue weighted by atomic mass is 32.2. The maximum absolute atomic E-state index is 13.8. The summed E-state index contributed by atoms with van der Waals surface area (Å²) in [4.78, 5) is 27.6. The predicted molar refractivity (Wildman–Crippen MR) is 137 cm³/mol. The van der Waals surface area contributed by atoms with Crippen molar-refractivity contribution in [2.24, 2.45) is 0 Å². The second-order valence-electron chi connectivity index (χ2n) is 8.76. The Morgan fingerprint density at radius 2 is 1.76 bits per heavy atom. The first-order chi connectivity index (χ1) is 18.3. The molecule has 0 radical (unpaired) electrons. The van der Waals surface area contributed by atoms with E-state index in [2.05, 4.69) is 5.32 Å². The Hall–Kier alpha value is -4.25. The van der Waals surface area contributed by atoms with Gasteiger partial charge in [-0.25, -0.2) is 8.42 Å². The average Bonchev–Trinajstić information content (AvgIpc) is 3.38. The largest absolute Gasteiger partial charge is 0.493 e. The smallest absolute Gasteiger partial charge is 0.240 e. The van der Waals surface area contributed by atoms with E-state index >= 15 is 0 Å². The molecule has 11 heteroatoms. The van der Waals surface area contributed by atoms with Gasteiger partial charge >= 0.3 is 0 Å². The van der Waals surface area contributed by atoms with Gasteiger partial charge in [-0.2, -0.15) is 0 Å². The maximum atomic E-state index is 13.8. The topological polar surface area (TPSA) is 120 Å². The summed E-state index contributed by atoms with van der Waals surface area (Å²) in [6, 6.07) is 16.3. The van der Waals surface area contributed by atoms with Crippen molar-refractivity contribution in [3.8, 4) is 23.0 Å². The lowest BCUT2D eigenvalue weighted by Gasteiger charge is -2.22. The molecule has 10 nitrogen and oxygen atoms in total. The highest BCUT2D eigenvalue weighted by Gasteiger charge is 2.40. The number of anilines is 1. The van der Waals surface area contributed by atoms with Crippen LogP contribution in [0.5, 0.6) is 23.0 Å². The minimum absolute atomic E-state index is 0.0193. The average molecular weight is 539 g/mol. The van der Waals surface area contributed by atoms with Crippen molar-refractivity contribution < 1.29 is 37.0 Å². The zero-order valence-corrected chi connectivity index (χ0v) is 21.6. The van der Waals surface area contributed by atoms with E-state index in [1.54, 1.807) is 48.5 Å². The second kappa shape index (κ2) is 10.3. The zero-order valence-electron chi connectivity index (χ0n) is 20.8. The first kappa shape index (κ1) is 25.4. The van der Waals surface area contributed by atoms with E-state index < -0.39 is 26.9 Å². The van der Waals surface area contributed by atoms with E-state index in [-0.39, 0.29) is 36.9 Å². The number of nitrogens with one attached hydrogen (secondary N) is 1. The summed E-state index contributed by atoms with van der Waals surface area (Å²) >= 11 is 0.